The molecular weight excluding hydrogens is 410 g/mol. The third-order valence-corrected chi connectivity index (χ3v) is 6.58. The van der Waals surface area contributed by atoms with Crippen LogP contribution in [0.2, 0.25) is 0 Å². The summed E-state index contributed by atoms with van der Waals surface area (Å²) in [6, 6.07) is 28.1. The van der Waals surface area contributed by atoms with E-state index in [0.29, 0.717) is 19.5 Å². The number of rotatable bonds is 4. The van der Waals surface area contributed by atoms with Crippen LogP contribution < -0.4 is 9.64 Å². The fourth-order valence-corrected chi connectivity index (χ4v) is 5.00. The number of ether oxygens (including phenoxy) is 1. The molecule has 0 radical (unpaired) electrons. The largest absolute Gasteiger partial charge is 0.487 e. The van der Waals surface area contributed by atoms with E-state index in [9.17, 15) is 4.79 Å². The van der Waals surface area contributed by atoms with Crippen molar-refractivity contribution in [1.29, 1.82) is 0 Å². The standard InChI is InChI=1S/C28H25N3O2/c32-28-26-15-23(19-30(26)17-21-14-22-10-4-5-11-24(22)29-16-21)33-27-13-7-6-12-25(27)31(28)18-20-8-2-1-3-9-20/h1-14,16,23,26H,15,17-19H2. The minimum Gasteiger partial charge on any atom is -0.487 e. The molecule has 3 heterocycles. The van der Waals surface area contributed by atoms with Crippen molar-refractivity contribution in [3.05, 3.63) is 102 Å². The molecule has 1 aromatic heterocycles. The molecule has 0 saturated carbocycles. The lowest BCUT2D eigenvalue weighted by Crippen LogP contribution is -2.45. The van der Waals surface area contributed by atoms with E-state index < -0.39 is 0 Å². The summed E-state index contributed by atoms with van der Waals surface area (Å²) in [5.41, 5.74) is 4.04. The van der Waals surface area contributed by atoms with Gasteiger partial charge in [-0.15, -0.1) is 0 Å². The van der Waals surface area contributed by atoms with E-state index in [1.165, 1.54) is 0 Å². The lowest BCUT2D eigenvalue weighted by atomic mass is 10.1. The number of hydrogen-bond acceptors (Lipinski definition) is 4. The minimum atomic E-state index is -0.224. The van der Waals surface area contributed by atoms with Gasteiger partial charge < -0.3 is 9.64 Å². The number of pyridine rings is 1. The molecule has 5 nitrogen and oxygen atoms in total. The molecule has 2 aliphatic rings. The number of benzene rings is 3. The molecule has 4 aromatic rings. The van der Waals surface area contributed by atoms with Crippen LogP contribution in [0.4, 0.5) is 5.69 Å². The zero-order valence-corrected chi connectivity index (χ0v) is 18.3. The molecule has 33 heavy (non-hydrogen) atoms. The third-order valence-electron chi connectivity index (χ3n) is 6.58. The van der Waals surface area contributed by atoms with Crippen LogP contribution in [0.15, 0.2) is 91.1 Å². The number of anilines is 1. The average Bonchev–Trinajstić information content (AvgIpc) is 3.25. The first kappa shape index (κ1) is 19.9. The predicted octanol–water partition coefficient (Wildman–Crippen LogP) is 4.80. The van der Waals surface area contributed by atoms with Gasteiger partial charge in [-0.05, 0) is 35.4 Å². The van der Waals surface area contributed by atoms with Gasteiger partial charge in [-0.2, -0.15) is 0 Å². The molecule has 2 aliphatic heterocycles. The van der Waals surface area contributed by atoms with Crippen LogP contribution in [0, 0.1) is 0 Å². The van der Waals surface area contributed by atoms with Gasteiger partial charge in [0.05, 0.1) is 23.8 Å². The number of hydrogen-bond donors (Lipinski definition) is 0. The summed E-state index contributed by atoms with van der Waals surface area (Å²) in [6.45, 7) is 1.91. The van der Waals surface area contributed by atoms with E-state index in [1.54, 1.807) is 0 Å². The van der Waals surface area contributed by atoms with Gasteiger partial charge in [0.2, 0.25) is 5.91 Å². The first-order chi connectivity index (χ1) is 16.2. The number of aromatic nitrogens is 1. The highest BCUT2D eigenvalue weighted by molar-refractivity contribution is 5.99. The van der Waals surface area contributed by atoms with Crippen molar-refractivity contribution in [2.24, 2.45) is 0 Å². The normalized spacial score (nSPS) is 20.2. The van der Waals surface area contributed by atoms with Crippen molar-refractivity contribution in [2.45, 2.75) is 31.7 Å². The average molecular weight is 436 g/mol. The summed E-state index contributed by atoms with van der Waals surface area (Å²) < 4.78 is 6.43. The Kier molecular flexibility index (Phi) is 5.04. The van der Waals surface area contributed by atoms with Gasteiger partial charge in [-0.1, -0.05) is 60.7 Å². The Morgan fingerprint density at radius 1 is 0.879 bits per heavy atom. The highest BCUT2D eigenvalue weighted by atomic mass is 16.5. The molecule has 0 N–H and O–H groups in total. The minimum absolute atomic E-state index is 0.00705. The van der Waals surface area contributed by atoms with Gasteiger partial charge in [0.15, 0.2) is 0 Å². The van der Waals surface area contributed by atoms with Crippen LogP contribution in [-0.2, 0) is 17.9 Å². The predicted molar refractivity (Wildman–Crippen MR) is 129 cm³/mol. The van der Waals surface area contributed by atoms with Gasteiger partial charge in [0.1, 0.15) is 11.9 Å². The first-order valence-corrected chi connectivity index (χ1v) is 11.4. The first-order valence-electron chi connectivity index (χ1n) is 11.4. The maximum absolute atomic E-state index is 13.9. The second kappa shape index (κ2) is 8.34. The highest BCUT2D eigenvalue weighted by Crippen LogP contribution is 2.37. The molecule has 2 bridgehead atoms. The van der Waals surface area contributed by atoms with Crippen LogP contribution in [0.3, 0.4) is 0 Å². The Morgan fingerprint density at radius 3 is 2.58 bits per heavy atom. The Labute approximate surface area is 193 Å². The smallest absolute Gasteiger partial charge is 0.244 e. The molecule has 0 spiro atoms. The quantitative estimate of drug-likeness (QED) is 0.462. The maximum Gasteiger partial charge on any atom is 0.244 e. The van der Waals surface area contributed by atoms with Gasteiger partial charge in [0, 0.05) is 31.1 Å². The van der Waals surface area contributed by atoms with Crippen LogP contribution >= 0.6 is 0 Å². The summed E-state index contributed by atoms with van der Waals surface area (Å²) in [5, 5.41) is 1.12. The lowest BCUT2D eigenvalue weighted by Gasteiger charge is -2.32. The van der Waals surface area contributed by atoms with Gasteiger partial charge in [0.25, 0.3) is 0 Å². The molecule has 5 heteroatoms. The van der Waals surface area contributed by atoms with Crippen LogP contribution in [0.1, 0.15) is 17.5 Å². The molecule has 1 fully saturated rings. The lowest BCUT2D eigenvalue weighted by molar-refractivity contribution is -0.123. The van der Waals surface area contributed by atoms with Gasteiger partial charge in [-0.3, -0.25) is 14.7 Å². The summed E-state index contributed by atoms with van der Waals surface area (Å²) in [6.07, 6.45) is 2.61. The monoisotopic (exact) mass is 435 g/mol. The van der Waals surface area contributed by atoms with Crippen molar-refractivity contribution in [3.63, 3.8) is 0 Å². The second-order valence-corrected chi connectivity index (χ2v) is 8.83. The zero-order valence-electron chi connectivity index (χ0n) is 18.3. The zero-order chi connectivity index (χ0) is 22.2. The molecule has 6 rings (SSSR count). The Balaban J connectivity index is 1.33. The van der Waals surface area contributed by atoms with E-state index >= 15 is 0 Å². The van der Waals surface area contributed by atoms with Crippen molar-refractivity contribution < 1.29 is 9.53 Å². The molecule has 1 saturated heterocycles. The number of amides is 1. The molecule has 3 aromatic carbocycles. The molecule has 0 aliphatic carbocycles. The number of carbonyl (C=O) groups excluding carboxylic acids is 1. The van der Waals surface area contributed by atoms with E-state index in [4.69, 9.17) is 4.74 Å². The van der Waals surface area contributed by atoms with E-state index in [1.807, 2.05) is 71.8 Å². The van der Waals surface area contributed by atoms with Crippen LogP contribution in [-0.4, -0.2) is 34.5 Å². The SMILES string of the molecule is O=C1C2CC(CN2Cc2cnc3ccccc3c2)Oc2ccccc2N1Cc1ccccc1. The van der Waals surface area contributed by atoms with Crippen molar-refractivity contribution in [2.75, 3.05) is 11.4 Å². The van der Waals surface area contributed by atoms with Gasteiger partial charge in [-0.25, -0.2) is 0 Å². The van der Waals surface area contributed by atoms with Gasteiger partial charge >= 0.3 is 0 Å². The molecular formula is C28H25N3O2. The summed E-state index contributed by atoms with van der Waals surface area (Å²) in [4.78, 5) is 22.7. The number of likely N-dealkylation sites (tertiary alicyclic amines) is 1. The fourth-order valence-electron chi connectivity index (χ4n) is 5.00. The molecule has 1 amide bonds. The van der Waals surface area contributed by atoms with Crippen LogP contribution in [0.25, 0.3) is 10.9 Å². The highest BCUT2D eigenvalue weighted by Gasteiger charge is 2.42. The van der Waals surface area contributed by atoms with Crippen molar-refractivity contribution in [3.8, 4) is 5.75 Å². The molecule has 2 atom stereocenters. The van der Waals surface area contributed by atoms with Crippen LogP contribution in [0.5, 0.6) is 5.75 Å². The van der Waals surface area contributed by atoms with E-state index in [0.717, 1.165) is 40.0 Å². The van der Waals surface area contributed by atoms with Crippen molar-refractivity contribution in [1.82, 2.24) is 9.88 Å². The number of para-hydroxylation sites is 3. The summed E-state index contributed by atoms with van der Waals surface area (Å²) in [5.74, 6) is 0.908. The number of nitrogens with zero attached hydrogens (tertiary/aromatic N) is 3. The maximum atomic E-state index is 13.9. The second-order valence-electron chi connectivity index (χ2n) is 8.83. The van der Waals surface area contributed by atoms with Crippen molar-refractivity contribution >= 4 is 22.5 Å². The topological polar surface area (TPSA) is 45.7 Å². The summed E-state index contributed by atoms with van der Waals surface area (Å²) >= 11 is 0. The molecule has 2 unspecified atom stereocenters. The fraction of sp³-hybridized carbons (Fsp3) is 0.214. The van der Waals surface area contributed by atoms with E-state index in [2.05, 4.69) is 34.1 Å². The summed E-state index contributed by atoms with van der Waals surface area (Å²) in [7, 11) is 0. The number of carbonyl (C=O) groups is 1. The Bertz CT molecular complexity index is 1310. The Hall–Kier alpha value is -3.70. The van der Waals surface area contributed by atoms with E-state index in [-0.39, 0.29) is 18.1 Å². The number of fused-ring (bicyclic) bond motifs is 4. The Morgan fingerprint density at radius 2 is 1.67 bits per heavy atom. The third kappa shape index (κ3) is 3.85. The molecule has 164 valence electrons.